The standard InChI is InChI=1S/C16H18N4O/c1-4-14-17-7-8-20(14)10-15-18-16(19-21-15)13-6-5-11(2)12(3)9-13/h5-9H,4,10H2,1-3H3. The molecule has 0 N–H and O–H groups in total. The fourth-order valence-corrected chi connectivity index (χ4v) is 2.26. The highest BCUT2D eigenvalue weighted by atomic mass is 16.5. The molecule has 1 aromatic carbocycles. The van der Waals surface area contributed by atoms with E-state index in [-0.39, 0.29) is 0 Å². The molecule has 3 aromatic rings. The van der Waals surface area contributed by atoms with E-state index >= 15 is 0 Å². The number of aromatic nitrogens is 4. The lowest BCUT2D eigenvalue weighted by Crippen LogP contribution is -2.03. The van der Waals surface area contributed by atoms with E-state index < -0.39 is 0 Å². The summed E-state index contributed by atoms with van der Waals surface area (Å²) in [6.07, 6.45) is 4.60. The Morgan fingerprint density at radius 2 is 2.05 bits per heavy atom. The molecule has 5 heteroatoms. The lowest BCUT2D eigenvalue weighted by molar-refractivity contribution is 0.370. The molecule has 0 fully saturated rings. The minimum atomic E-state index is 0.557. The van der Waals surface area contributed by atoms with Crippen molar-refractivity contribution in [2.75, 3.05) is 0 Å². The molecule has 108 valence electrons. The summed E-state index contributed by atoms with van der Waals surface area (Å²) in [7, 11) is 0. The zero-order valence-corrected chi connectivity index (χ0v) is 12.5. The number of aryl methyl sites for hydroxylation is 3. The van der Waals surface area contributed by atoms with Crippen LogP contribution in [-0.2, 0) is 13.0 Å². The number of imidazole rings is 1. The van der Waals surface area contributed by atoms with Crippen LogP contribution in [0.3, 0.4) is 0 Å². The van der Waals surface area contributed by atoms with Gasteiger partial charge in [-0.1, -0.05) is 24.2 Å². The van der Waals surface area contributed by atoms with Crippen molar-refractivity contribution in [1.29, 1.82) is 0 Å². The first-order valence-electron chi connectivity index (χ1n) is 7.07. The summed E-state index contributed by atoms with van der Waals surface area (Å²) < 4.78 is 7.38. The van der Waals surface area contributed by atoms with E-state index in [1.165, 1.54) is 11.1 Å². The van der Waals surface area contributed by atoms with Gasteiger partial charge in [-0.15, -0.1) is 0 Å². The third-order valence-electron chi connectivity index (χ3n) is 3.66. The van der Waals surface area contributed by atoms with Crippen LogP contribution < -0.4 is 0 Å². The van der Waals surface area contributed by atoms with Crippen LogP contribution in [0.15, 0.2) is 35.1 Å². The van der Waals surface area contributed by atoms with Crippen molar-refractivity contribution in [2.45, 2.75) is 33.7 Å². The molecule has 0 bridgehead atoms. The van der Waals surface area contributed by atoms with Gasteiger partial charge >= 0.3 is 0 Å². The van der Waals surface area contributed by atoms with Crippen LogP contribution >= 0.6 is 0 Å². The second-order valence-electron chi connectivity index (χ2n) is 5.14. The van der Waals surface area contributed by atoms with Gasteiger partial charge in [0.25, 0.3) is 0 Å². The maximum Gasteiger partial charge on any atom is 0.246 e. The first-order valence-corrected chi connectivity index (χ1v) is 7.07. The molecule has 2 heterocycles. The maximum absolute atomic E-state index is 5.35. The van der Waals surface area contributed by atoms with Gasteiger partial charge < -0.3 is 9.09 Å². The molecule has 0 saturated heterocycles. The molecule has 0 unspecified atom stereocenters. The van der Waals surface area contributed by atoms with E-state index in [0.717, 1.165) is 17.8 Å². The predicted octanol–water partition coefficient (Wildman–Crippen LogP) is 3.16. The number of hydrogen-bond acceptors (Lipinski definition) is 4. The second kappa shape index (κ2) is 5.52. The lowest BCUT2D eigenvalue weighted by Gasteiger charge is -2.02. The third-order valence-corrected chi connectivity index (χ3v) is 3.66. The van der Waals surface area contributed by atoms with E-state index in [1.54, 1.807) is 6.20 Å². The summed E-state index contributed by atoms with van der Waals surface area (Å²) in [4.78, 5) is 8.77. The third kappa shape index (κ3) is 2.72. The topological polar surface area (TPSA) is 56.7 Å². The van der Waals surface area contributed by atoms with Gasteiger partial charge in [-0.2, -0.15) is 4.98 Å². The number of benzene rings is 1. The van der Waals surface area contributed by atoms with Crippen molar-refractivity contribution in [1.82, 2.24) is 19.7 Å². The van der Waals surface area contributed by atoms with Crippen LogP contribution in [0.4, 0.5) is 0 Å². The molecule has 2 aromatic heterocycles. The average Bonchev–Trinajstić information content (AvgIpc) is 3.11. The molecule has 5 nitrogen and oxygen atoms in total. The van der Waals surface area contributed by atoms with Crippen molar-refractivity contribution in [2.24, 2.45) is 0 Å². The Morgan fingerprint density at radius 3 is 2.81 bits per heavy atom. The average molecular weight is 282 g/mol. The Kier molecular flexibility index (Phi) is 3.56. The van der Waals surface area contributed by atoms with Crippen molar-refractivity contribution < 1.29 is 4.52 Å². The molecule has 0 aliphatic rings. The molecule has 0 atom stereocenters. The summed E-state index contributed by atoms with van der Waals surface area (Å²) in [6.45, 7) is 6.80. The number of nitrogens with zero attached hydrogens (tertiary/aromatic N) is 4. The lowest BCUT2D eigenvalue weighted by atomic mass is 10.1. The monoisotopic (exact) mass is 282 g/mol. The van der Waals surface area contributed by atoms with E-state index in [0.29, 0.717) is 18.3 Å². The largest absolute Gasteiger partial charge is 0.337 e. The number of hydrogen-bond donors (Lipinski definition) is 0. The highest BCUT2D eigenvalue weighted by Crippen LogP contribution is 2.19. The van der Waals surface area contributed by atoms with E-state index in [1.807, 2.05) is 16.8 Å². The molecular formula is C16H18N4O. The Balaban J connectivity index is 1.84. The van der Waals surface area contributed by atoms with E-state index in [9.17, 15) is 0 Å². The molecule has 0 aliphatic carbocycles. The van der Waals surface area contributed by atoms with E-state index in [2.05, 4.69) is 48.0 Å². The van der Waals surface area contributed by atoms with Crippen LogP contribution in [0, 0.1) is 13.8 Å². The quantitative estimate of drug-likeness (QED) is 0.737. The Hall–Kier alpha value is -2.43. The van der Waals surface area contributed by atoms with E-state index in [4.69, 9.17) is 4.52 Å². The van der Waals surface area contributed by atoms with Gasteiger partial charge in [0.2, 0.25) is 11.7 Å². The Labute approximate surface area is 123 Å². The van der Waals surface area contributed by atoms with Crippen LogP contribution in [0.25, 0.3) is 11.4 Å². The van der Waals surface area contributed by atoms with Crippen molar-refractivity contribution in [3.63, 3.8) is 0 Å². The molecule has 0 radical (unpaired) electrons. The number of rotatable bonds is 4. The summed E-state index contributed by atoms with van der Waals surface area (Å²) in [5.74, 6) is 2.24. The van der Waals surface area contributed by atoms with Crippen molar-refractivity contribution >= 4 is 0 Å². The SMILES string of the molecule is CCc1nccn1Cc1nc(-c2ccc(C)c(C)c2)no1. The first-order chi connectivity index (χ1) is 10.2. The summed E-state index contributed by atoms with van der Waals surface area (Å²) >= 11 is 0. The Bertz CT molecular complexity index is 757. The summed E-state index contributed by atoms with van der Waals surface area (Å²) in [5, 5.41) is 4.07. The smallest absolute Gasteiger partial charge is 0.246 e. The van der Waals surface area contributed by atoms with Crippen LogP contribution in [0.2, 0.25) is 0 Å². The van der Waals surface area contributed by atoms with Gasteiger partial charge in [0.15, 0.2) is 0 Å². The minimum absolute atomic E-state index is 0.557. The fourth-order valence-electron chi connectivity index (χ4n) is 2.26. The van der Waals surface area contributed by atoms with Gasteiger partial charge in [-0.3, -0.25) is 0 Å². The summed E-state index contributed by atoms with van der Waals surface area (Å²) in [5.41, 5.74) is 3.46. The highest BCUT2D eigenvalue weighted by molar-refractivity contribution is 5.56. The molecule has 0 saturated carbocycles. The molecule has 0 spiro atoms. The molecule has 21 heavy (non-hydrogen) atoms. The normalized spacial score (nSPS) is 11.0. The zero-order valence-electron chi connectivity index (χ0n) is 12.5. The fraction of sp³-hybridized carbons (Fsp3) is 0.312. The van der Waals surface area contributed by atoms with Crippen LogP contribution in [0.5, 0.6) is 0 Å². The zero-order chi connectivity index (χ0) is 14.8. The molecule has 0 aliphatic heterocycles. The van der Waals surface area contributed by atoms with Crippen molar-refractivity contribution in [3.8, 4) is 11.4 Å². The molecule has 0 amide bonds. The van der Waals surface area contributed by atoms with Gasteiger partial charge in [0, 0.05) is 24.4 Å². The summed E-state index contributed by atoms with van der Waals surface area (Å²) in [6, 6.07) is 6.18. The Morgan fingerprint density at radius 1 is 1.19 bits per heavy atom. The second-order valence-corrected chi connectivity index (χ2v) is 5.14. The molecular weight excluding hydrogens is 264 g/mol. The van der Waals surface area contributed by atoms with Crippen molar-refractivity contribution in [3.05, 3.63) is 53.4 Å². The van der Waals surface area contributed by atoms with Crippen LogP contribution in [-0.4, -0.2) is 19.7 Å². The van der Waals surface area contributed by atoms with Gasteiger partial charge in [-0.25, -0.2) is 4.98 Å². The predicted molar refractivity (Wildman–Crippen MR) is 79.9 cm³/mol. The maximum atomic E-state index is 5.35. The first kappa shape index (κ1) is 13.5. The molecule has 3 rings (SSSR count). The van der Waals surface area contributed by atoms with Crippen LogP contribution in [0.1, 0.15) is 29.8 Å². The van der Waals surface area contributed by atoms with Gasteiger partial charge in [-0.05, 0) is 31.0 Å². The minimum Gasteiger partial charge on any atom is -0.337 e. The van der Waals surface area contributed by atoms with Gasteiger partial charge in [0.05, 0.1) is 0 Å². The highest BCUT2D eigenvalue weighted by Gasteiger charge is 2.11. The van der Waals surface area contributed by atoms with Gasteiger partial charge in [0.1, 0.15) is 12.4 Å².